The number of halogens is 6. The van der Waals surface area contributed by atoms with Crippen molar-refractivity contribution in [3.05, 3.63) is 61.1 Å². The van der Waals surface area contributed by atoms with Crippen LogP contribution in [0.3, 0.4) is 0 Å². The van der Waals surface area contributed by atoms with Crippen molar-refractivity contribution in [2.75, 3.05) is 0 Å². The Labute approximate surface area is 137 Å². The monoisotopic (exact) mass is 369 g/mol. The van der Waals surface area contributed by atoms with Gasteiger partial charge in [0.05, 0.1) is 20.5 Å². The SMILES string of the molecule is O=[N+]([O-])c1ccc(-c2c(Cl)cc(C(F)(F)F)cc2Cl)cc1Cl. The summed E-state index contributed by atoms with van der Waals surface area (Å²) in [6, 6.07) is 5.13. The molecule has 0 bridgehead atoms. The third kappa shape index (κ3) is 3.29. The molecule has 0 radical (unpaired) electrons. The lowest BCUT2D eigenvalue weighted by Gasteiger charge is -2.12. The predicted octanol–water partition coefficient (Wildman–Crippen LogP) is 6.24. The van der Waals surface area contributed by atoms with Crippen LogP contribution in [0.15, 0.2) is 30.3 Å². The minimum absolute atomic E-state index is 0.119. The average molecular weight is 371 g/mol. The molecule has 3 nitrogen and oxygen atoms in total. The zero-order valence-electron chi connectivity index (χ0n) is 10.4. The van der Waals surface area contributed by atoms with Crippen LogP contribution in [0.5, 0.6) is 0 Å². The number of nitro benzene ring substituents is 1. The Morgan fingerprint density at radius 1 is 0.955 bits per heavy atom. The normalized spacial score (nSPS) is 11.5. The second-order valence-corrected chi connectivity index (χ2v) is 5.46. The van der Waals surface area contributed by atoms with Crippen LogP contribution in [-0.2, 0) is 6.18 Å². The molecule has 0 saturated carbocycles. The Morgan fingerprint density at radius 2 is 1.50 bits per heavy atom. The second-order valence-electron chi connectivity index (χ2n) is 4.24. The Hall–Kier alpha value is -1.50. The van der Waals surface area contributed by atoms with Crippen LogP contribution < -0.4 is 0 Å². The van der Waals surface area contributed by atoms with Gasteiger partial charge in [0.2, 0.25) is 0 Å². The van der Waals surface area contributed by atoms with Gasteiger partial charge in [-0.15, -0.1) is 0 Å². The maximum Gasteiger partial charge on any atom is 0.416 e. The first-order valence-electron chi connectivity index (χ1n) is 5.62. The van der Waals surface area contributed by atoms with Crippen LogP contribution in [0.25, 0.3) is 11.1 Å². The molecule has 0 fully saturated rings. The van der Waals surface area contributed by atoms with E-state index in [0.29, 0.717) is 0 Å². The van der Waals surface area contributed by atoms with Crippen molar-refractivity contribution >= 4 is 40.5 Å². The number of nitro groups is 1. The van der Waals surface area contributed by atoms with E-state index in [9.17, 15) is 23.3 Å². The molecule has 2 aromatic carbocycles. The molecule has 0 unspecified atom stereocenters. The fourth-order valence-corrected chi connectivity index (χ4v) is 2.78. The van der Waals surface area contributed by atoms with E-state index in [2.05, 4.69) is 0 Å². The molecule has 0 heterocycles. The number of hydrogen-bond acceptors (Lipinski definition) is 2. The summed E-state index contributed by atoms with van der Waals surface area (Å²) in [5.74, 6) is 0. The van der Waals surface area contributed by atoms with Gasteiger partial charge in [-0.25, -0.2) is 0 Å². The zero-order chi connectivity index (χ0) is 16.7. The topological polar surface area (TPSA) is 43.1 Å². The summed E-state index contributed by atoms with van der Waals surface area (Å²) in [7, 11) is 0. The Morgan fingerprint density at radius 3 is 1.91 bits per heavy atom. The number of alkyl halides is 3. The van der Waals surface area contributed by atoms with Crippen molar-refractivity contribution in [1.82, 2.24) is 0 Å². The Bertz CT molecular complexity index is 740. The van der Waals surface area contributed by atoms with E-state index in [0.717, 1.165) is 18.2 Å². The van der Waals surface area contributed by atoms with Crippen LogP contribution in [0.4, 0.5) is 18.9 Å². The van der Waals surface area contributed by atoms with Gasteiger partial charge in [0.1, 0.15) is 5.02 Å². The zero-order valence-corrected chi connectivity index (χ0v) is 12.7. The molecule has 116 valence electrons. The van der Waals surface area contributed by atoms with Gasteiger partial charge in [0.25, 0.3) is 5.69 Å². The molecule has 0 N–H and O–H groups in total. The summed E-state index contributed by atoms with van der Waals surface area (Å²) in [6.07, 6.45) is -4.58. The van der Waals surface area contributed by atoms with Gasteiger partial charge in [-0.1, -0.05) is 34.8 Å². The highest BCUT2D eigenvalue weighted by Crippen LogP contribution is 2.41. The summed E-state index contributed by atoms with van der Waals surface area (Å²) in [5.41, 5.74) is -0.920. The van der Waals surface area contributed by atoms with Gasteiger partial charge in [-0.2, -0.15) is 13.2 Å². The summed E-state index contributed by atoms with van der Waals surface area (Å²) >= 11 is 17.5. The highest BCUT2D eigenvalue weighted by molar-refractivity contribution is 6.39. The second kappa shape index (κ2) is 5.95. The third-order valence-corrected chi connectivity index (χ3v) is 3.70. The molecular weight excluding hydrogens is 366 g/mol. The summed E-state index contributed by atoms with van der Waals surface area (Å²) < 4.78 is 38.0. The molecule has 0 aromatic heterocycles. The van der Waals surface area contributed by atoms with Crippen LogP contribution in [-0.4, -0.2) is 4.92 Å². The van der Waals surface area contributed by atoms with E-state index in [1.165, 1.54) is 12.1 Å². The van der Waals surface area contributed by atoms with Crippen LogP contribution in [0.2, 0.25) is 15.1 Å². The standard InChI is InChI=1S/C13H5Cl3F3NO2/c14-8-3-6(1-2-11(8)20(21)22)12-9(15)4-7(5-10(12)16)13(17,18)19/h1-5H. The summed E-state index contributed by atoms with van der Waals surface area (Å²) in [4.78, 5) is 10.0. The lowest BCUT2D eigenvalue weighted by atomic mass is 10.0. The molecule has 0 aliphatic carbocycles. The van der Waals surface area contributed by atoms with Crippen molar-refractivity contribution < 1.29 is 18.1 Å². The van der Waals surface area contributed by atoms with Crippen molar-refractivity contribution in [3.63, 3.8) is 0 Å². The van der Waals surface area contributed by atoms with Gasteiger partial charge in [0.15, 0.2) is 0 Å². The maximum atomic E-state index is 12.7. The van der Waals surface area contributed by atoms with Gasteiger partial charge in [-0.3, -0.25) is 10.1 Å². The van der Waals surface area contributed by atoms with Crippen molar-refractivity contribution in [2.24, 2.45) is 0 Å². The Balaban J connectivity index is 2.59. The van der Waals surface area contributed by atoms with E-state index in [1.807, 2.05) is 0 Å². The molecule has 2 rings (SSSR count). The van der Waals surface area contributed by atoms with Crippen LogP contribution >= 0.6 is 34.8 Å². The first-order valence-corrected chi connectivity index (χ1v) is 6.75. The molecule has 0 amide bonds. The van der Waals surface area contributed by atoms with Gasteiger partial charge < -0.3 is 0 Å². The fourth-order valence-electron chi connectivity index (χ4n) is 1.82. The smallest absolute Gasteiger partial charge is 0.258 e. The van der Waals surface area contributed by atoms with Crippen molar-refractivity contribution in [3.8, 4) is 11.1 Å². The predicted molar refractivity (Wildman–Crippen MR) is 78.6 cm³/mol. The minimum atomic E-state index is -4.58. The molecule has 2 aromatic rings. The molecule has 0 saturated heterocycles. The third-order valence-electron chi connectivity index (χ3n) is 2.80. The molecular formula is C13H5Cl3F3NO2. The van der Waals surface area contributed by atoms with Gasteiger partial charge in [0, 0.05) is 11.6 Å². The lowest BCUT2D eigenvalue weighted by Crippen LogP contribution is -2.05. The molecule has 0 atom stereocenters. The van der Waals surface area contributed by atoms with Gasteiger partial charge in [-0.05, 0) is 29.8 Å². The fraction of sp³-hybridized carbons (Fsp3) is 0.0769. The van der Waals surface area contributed by atoms with Crippen LogP contribution in [0.1, 0.15) is 5.56 Å². The lowest BCUT2D eigenvalue weighted by molar-refractivity contribution is -0.384. The summed E-state index contributed by atoms with van der Waals surface area (Å²) in [6.45, 7) is 0. The van der Waals surface area contributed by atoms with Crippen molar-refractivity contribution in [1.29, 1.82) is 0 Å². The van der Waals surface area contributed by atoms with E-state index in [4.69, 9.17) is 34.8 Å². The number of benzene rings is 2. The number of rotatable bonds is 2. The number of nitrogens with zero attached hydrogens (tertiary/aromatic N) is 1. The number of hydrogen-bond donors (Lipinski definition) is 0. The highest BCUT2D eigenvalue weighted by Gasteiger charge is 2.32. The average Bonchev–Trinajstić information content (AvgIpc) is 2.36. The van der Waals surface area contributed by atoms with Gasteiger partial charge >= 0.3 is 6.18 Å². The quantitative estimate of drug-likeness (QED) is 0.464. The molecule has 0 aliphatic heterocycles. The molecule has 22 heavy (non-hydrogen) atoms. The van der Waals surface area contributed by atoms with E-state index in [-0.39, 0.29) is 31.9 Å². The first-order chi connectivity index (χ1) is 10.1. The summed E-state index contributed by atoms with van der Waals surface area (Å²) in [5, 5.41) is 10.1. The van der Waals surface area contributed by atoms with Crippen molar-refractivity contribution in [2.45, 2.75) is 6.18 Å². The van der Waals surface area contributed by atoms with Crippen LogP contribution in [0, 0.1) is 10.1 Å². The highest BCUT2D eigenvalue weighted by atomic mass is 35.5. The first kappa shape index (κ1) is 16.9. The largest absolute Gasteiger partial charge is 0.416 e. The minimum Gasteiger partial charge on any atom is -0.258 e. The van der Waals surface area contributed by atoms with E-state index < -0.39 is 16.7 Å². The van der Waals surface area contributed by atoms with E-state index >= 15 is 0 Å². The Kier molecular flexibility index (Phi) is 4.56. The molecule has 0 aliphatic rings. The molecule has 0 spiro atoms. The maximum absolute atomic E-state index is 12.7. The molecule has 9 heteroatoms. The van der Waals surface area contributed by atoms with E-state index in [1.54, 1.807) is 0 Å².